The first-order valence-electron chi connectivity index (χ1n) is 3.84. The molecule has 1 aromatic carbocycles. The van der Waals surface area contributed by atoms with E-state index < -0.39 is 30.4 Å². The molecule has 0 aliphatic carbocycles. The van der Waals surface area contributed by atoms with Crippen molar-refractivity contribution in [2.24, 2.45) is 0 Å². The Morgan fingerprint density at radius 3 is 2.20 bits per heavy atom. The minimum atomic E-state index is -4.44. The van der Waals surface area contributed by atoms with E-state index in [1.807, 2.05) is 0 Å². The van der Waals surface area contributed by atoms with Crippen LogP contribution in [0.2, 0.25) is 0 Å². The number of halogens is 2. The van der Waals surface area contributed by atoms with Gasteiger partial charge in [0.25, 0.3) is 0 Å². The van der Waals surface area contributed by atoms with Gasteiger partial charge in [0.15, 0.2) is 0 Å². The van der Waals surface area contributed by atoms with Crippen LogP contribution in [-0.2, 0) is 15.4 Å². The van der Waals surface area contributed by atoms with Crippen LogP contribution in [-0.4, -0.2) is 33.3 Å². The van der Waals surface area contributed by atoms with Crippen LogP contribution in [0, 0.1) is 0 Å². The van der Waals surface area contributed by atoms with E-state index >= 15 is 0 Å². The van der Waals surface area contributed by atoms with Crippen molar-refractivity contribution in [1.82, 2.24) is 0 Å². The van der Waals surface area contributed by atoms with Crippen molar-refractivity contribution in [3.8, 4) is 0 Å². The summed E-state index contributed by atoms with van der Waals surface area (Å²) < 4.78 is 55.4. The van der Waals surface area contributed by atoms with Crippen molar-refractivity contribution in [3.05, 3.63) is 29.8 Å². The monoisotopic (exact) mass is 301 g/mol. The normalized spacial score (nSPS) is 12.0. The molecule has 0 aromatic heterocycles. The van der Waals surface area contributed by atoms with E-state index in [2.05, 4.69) is 0 Å². The number of rotatable bonds is 4. The first-order chi connectivity index (χ1) is 6.89. The second-order valence-electron chi connectivity index (χ2n) is 2.67. The first-order valence-corrected chi connectivity index (χ1v) is 7.45. The molecule has 0 saturated heterocycles. The predicted octanol–water partition coefficient (Wildman–Crippen LogP) is 1.02. The van der Waals surface area contributed by atoms with Gasteiger partial charge in [-0.05, 0) is 0 Å². The third kappa shape index (κ3) is 4.25. The second kappa shape index (κ2) is 5.03. The summed E-state index contributed by atoms with van der Waals surface area (Å²) in [5.41, 5.74) is 0.614. The van der Waals surface area contributed by atoms with Gasteiger partial charge in [0.2, 0.25) is 0 Å². The van der Waals surface area contributed by atoms with Crippen LogP contribution >= 0.6 is 0 Å². The van der Waals surface area contributed by atoms with Crippen LogP contribution in [0.3, 0.4) is 0 Å². The number of hydrogen-bond acceptors (Lipinski definition) is 3. The van der Waals surface area contributed by atoms with Gasteiger partial charge in [-0.1, -0.05) is 0 Å². The molecule has 0 N–H and O–H groups in total. The molecule has 3 nitrogen and oxygen atoms in total. The summed E-state index contributed by atoms with van der Waals surface area (Å²) in [6.07, 6.45) is 0. The summed E-state index contributed by atoms with van der Waals surface area (Å²) in [7, 11) is -4.44. The molecule has 0 fully saturated rings. The molecular formula is C8H7F2O3SSe-. The van der Waals surface area contributed by atoms with Crippen molar-refractivity contribution in [2.75, 3.05) is 0 Å². The molecule has 0 unspecified atom stereocenters. The maximum atomic E-state index is 11.9. The zero-order chi connectivity index (χ0) is 11.5. The van der Waals surface area contributed by atoms with Crippen LogP contribution in [0.25, 0.3) is 0 Å². The molecule has 7 heteroatoms. The zero-order valence-electron chi connectivity index (χ0n) is 7.39. The fraction of sp³-hybridized carbons (Fsp3) is 0.250. The molecule has 0 heterocycles. The zero-order valence-corrected chi connectivity index (χ0v) is 9.92. The number of alkyl halides is 2. The van der Waals surface area contributed by atoms with Gasteiger partial charge in [0.1, 0.15) is 0 Å². The molecule has 15 heavy (non-hydrogen) atoms. The molecule has 1 rings (SSSR count). The van der Waals surface area contributed by atoms with Gasteiger partial charge in [0, 0.05) is 0 Å². The predicted molar refractivity (Wildman–Crippen MR) is 49.9 cm³/mol. The molecule has 0 saturated carbocycles. The van der Waals surface area contributed by atoms with Crippen LogP contribution in [0.1, 0.15) is 5.56 Å². The fourth-order valence-corrected chi connectivity index (χ4v) is 2.45. The van der Waals surface area contributed by atoms with Gasteiger partial charge in [-0.3, -0.25) is 0 Å². The van der Waals surface area contributed by atoms with Crippen molar-refractivity contribution in [2.45, 2.75) is 15.5 Å². The van der Waals surface area contributed by atoms with Crippen molar-refractivity contribution in [1.29, 1.82) is 0 Å². The molecule has 1 aromatic rings. The summed E-state index contributed by atoms with van der Waals surface area (Å²) in [6, 6.07) is 5.04. The molecule has 0 aliphatic heterocycles. The van der Waals surface area contributed by atoms with E-state index in [0.717, 1.165) is 12.1 Å². The van der Waals surface area contributed by atoms with E-state index in [1.54, 1.807) is 0 Å². The molecule has 0 aliphatic rings. The number of hydrogen-bond donors (Lipinski definition) is 0. The van der Waals surface area contributed by atoms with Gasteiger partial charge < -0.3 is 0 Å². The van der Waals surface area contributed by atoms with Crippen LogP contribution in [0.15, 0.2) is 29.2 Å². The Hall–Kier alpha value is -0.491. The molecule has 0 amide bonds. The van der Waals surface area contributed by atoms with Crippen molar-refractivity contribution >= 4 is 25.1 Å². The first kappa shape index (κ1) is 12.6. The summed E-state index contributed by atoms with van der Waals surface area (Å²) in [5.74, 6) is 0. The Balaban J connectivity index is 2.73. The Bertz CT molecular complexity index is 416. The van der Waals surface area contributed by atoms with E-state index in [1.165, 1.54) is 12.1 Å². The maximum absolute atomic E-state index is 11.9. The van der Waals surface area contributed by atoms with Crippen LogP contribution in [0.5, 0.6) is 0 Å². The molecule has 0 atom stereocenters. The number of benzene rings is 1. The fourth-order valence-electron chi connectivity index (χ4n) is 0.912. The van der Waals surface area contributed by atoms with E-state index in [-0.39, 0.29) is 10.2 Å². The summed E-state index contributed by atoms with van der Waals surface area (Å²) >= 11 is -0.808. The molecule has 0 radical (unpaired) electrons. The molecule has 0 bridgehead atoms. The van der Waals surface area contributed by atoms with Gasteiger partial charge in [0.05, 0.1) is 0 Å². The third-order valence-electron chi connectivity index (χ3n) is 1.59. The van der Waals surface area contributed by atoms with Crippen LogP contribution < -0.4 is 0 Å². The van der Waals surface area contributed by atoms with Crippen molar-refractivity contribution < 1.29 is 21.8 Å². The Morgan fingerprint density at radius 1 is 1.27 bits per heavy atom. The van der Waals surface area contributed by atoms with E-state index in [0.29, 0.717) is 5.56 Å². The van der Waals surface area contributed by atoms with Gasteiger partial charge in [-0.15, -0.1) is 0 Å². The molecular weight excluding hydrogens is 293 g/mol. The third-order valence-corrected chi connectivity index (χ3v) is 4.02. The Kier molecular flexibility index (Phi) is 4.21. The Morgan fingerprint density at radius 2 is 1.80 bits per heavy atom. The summed E-state index contributed by atoms with van der Waals surface area (Å²) in [6.45, 7) is 0. The summed E-state index contributed by atoms with van der Waals surface area (Å²) in [5, 5.41) is -2.09. The Labute approximate surface area is 92.4 Å². The quantitative estimate of drug-likeness (QED) is 0.616. The second-order valence-corrected chi connectivity index (χ2v) is 6.10. The van der Waals surface area contributed by atoms with Gasteiger partial charge >= 0.3 is 92.2 Å². The standard InChI is InChI=1S/C8H8F2O3SSe/c9-8(10)15-5-6-1-3-7(4-2-6)14(11,12)13/h1-4,8H,5H2,(H,11,12,13)/p-1. The minimum absolute atomic E-state index is 0.226. The molecule has 0 spiro atoms. The average Bonchev–Trinajstić information content (AvgIpc) is 2.14. The van der Waals surface area contributed by atoms with Crippen molar-refractivity contribution in [3.63, 3.8) is 0 Å². The summed E-state index contributed by atoms with van der Waals surface area (Å²) in [4.78, 5) is -0.337. The molecule has 84 valence electrons. The SMILES string of the molecule is O=S(=O)([O-])c1ccc(C[Se]C(F)F)cc1. The topological polar surface area (TPSA) is 57.2 Å². The average molecular weight is 300 g/mol. The van der Waals surface area contributed by atoms with E-state index in [4.69, 9.17) is 0 Å². The van der Waals surface area contributed by atoms with Gasteiger partial charge in [-0.25, -0.2) is 0 Å². The van der Waals surface area contributed by atoms with E-state index in [9.17, 15) is 21.8 Å². The van der Waals surface area contributed by atoms with Gasteiger partial charge in [-0.2, -0.15) is 0 Å². The van der Waals surface area contributed by atoms with Crippen LogP contribution in [0.4, 0.5) is 8.78 Å².